The quantitative estimate of drug-likeness (QED) is 0.118. The molecule has 13 heteroatoms. The molecule has 1 N–H and O–H groups in total. The van der Waals surface area contributed by atoms with Gasteiger partial charge in [0, 0.05) is 30.6 Å². The lowest BCUT2D eigenvalue weighted by atomic mass is 9.49. The minimum Gasteiger partial charge on any atom is -0.463 e. The fourth-order valence-corrected chi connectivity index (χ4v) is 17.5. The standard InChI is InChI=1S/C52H74O13/c1-8-36-32-14-28-12-29(15-32)23-52(36,22-28)65-45(58)47(5,9-2)25-49(7,43(56)61-37-10-11-60-41(37)54)26-48(6,44(57)63-38-33-16-34-35(17-33)40(53)62-39(34)38)24-46(3,4)42(55)64-51-20-30-13-31(21-51)19-50(59,18-30)27-51/h28-39,59H,8-27H2,1-7H3. The maximum absolute atomic E-state index is 15.3. The third kappa shape index (κ3) is 7.64. The number of carbonyl (C=O) groups is 6. The molecular formula is C52H74O13. The molecule has 2 saturated heterocycles. The largest absolute Gasteiger partial charge is 0.463 e. The number of rotatable bonds is 16. The fraction of sp³-hybridized carbons (Fsp3) is 0.885. The van der Waals surface area contributed by atoms with Crippen molar-refractivity contribution in [1.82, 2.24) is 0 Å². The van der Waals surface area contributed by atoms with Gasteiger partial charge in [-0.15, -0.1) is 0 Å². The first kappa shape index (κ1) is 45.6. The van der Waals surface area contributed by atoms with Crippen LogP contribution in [0.15, 0.2) is 0 Å². The van der Waals surface area contributed by atoms with Crippen LogP contribution in [0.4, 0.5) is 0 Å². The van der Waals surface area contributed by atoms with Crippen LogP contribution in [0.25, 0.3) is 0 Å². The van der Waals surface area contributed by atoms with Crippen molar-refractivity contribution in [3.63, 3.8) is 0 Å². The molecule has 0 spiro atoms. The molecule has 10 aliphatic carbocycles. The van der Waals surface area contributed by atoms with Gasteiger partial charge in [0.1, 0.15) is 23.4 Å². The van der Waals surface area contributed by atoms with Crippen LogP contribution in [0.1, 0.15) is 170 Å². The van der Waals surface area contributed by atoms with Crippen LogP contribution >= 0.6 is 0 Å². The number of ether oxygens (including phenoxy) is 6. The number of hydrogen-bond acceptors (Lipinski definition) is 13. The van der Waals surface area contributed by atoms with Crippen molar-refractivity contribution in [2.45, 2.75) is 206 Å². The second-order valence-corrected chi connectivity index (χ2v) is 25.4. The summed E-state index contributed by atoms with van der Waals surface area (Å²) in [5.74, 6) is -1.01. The third-order valence-corrected chi connectivity index (χ3v) is 19.5. The minimum atomic E-state index is -1.59. The monoisotopic (exact) mass is 907 g/mol. The molecule has 10 saturated carbocycles. The number of hydrogen-bond donors (Lipinski definition) is 1. The first-order valence-electron chi connectivity index (χ1n) is 25.5. The molecule has 65 heavy (non-hydrogen) atoms. The molecule has 2 aliphatic heterocycles. The Bertz CT molecular complexity index is 1980. The molecule has 12 rings (SSSR count). The van der Waals surface area contributed by atoms with Gasteiger partial charge in [-0.1, -0.05) is 13.8 Å². The highest BCUT2D eigenvalue weighted by molar-refractivity contribution is 5.86. The summed E-state index contributed by atoms with van der Waals surface area (Å²) in [6.45, 7) is 13.0. The molecule has 12 aliphatic rings. The third-order valence-electron chi connectivity index (χ3n) is 19.5. The first-order valence-corrected chi connectivity index (χ1v) is 25.5. The Balaban J connectivity index is 0.968. The van der Waals surface area contributed by atoms with E-state index >= 15 is 14.4 Å². The van der Waals surface area contributed by atoms with E-state index in [1.54, 1.807) is 27.7 Å². The topological polar surface area (TPSA) is 178 Å². The summed E-state index contributed by atoms with van der Waals surface area (Å²) < 4.78 is 37.0. The van der Waals surface area contributed by atoms with Crippen molar-refractivity contribution in [2.75, 3.05) is 6.61 Å². The lowest BCUT2D eigenvalue weighted by Gasteiger charge is -2.60. The minimum absolute atomic E-state index is 0.0259. The molecule has 14 unspecified atom stereocenters. The maximum Gasteiger partial charge on any atom is 0.347 e. The summed E-state index contributed by atoms with van der Waals surface area (Å²) in [6.07, 6.45) is 9.48. The Hall–Kier alpha value is -3.22. The zero-order chi connectivity index (χ0) is 46.3. The second-order valence-electron chi connectivity index (χ2n) is 25.4. The normalized spacial score (nSPS) is 44.2. The van der Waals surface area contributed by atoms with Crippen molar-refractivity contribution in [2.24, 2.45) is 74.9 Å². The molecule has 0 aromatic carbocycles. The van der Waals surface area contributed by atoms with E-state index in [4.69, 9.17) is 28.4 Å². The summed E-state index contributed by atoms with van der Waals surface area (Å²) in [5, 5.41) is 11.5. The summed E-state index contributed by atoms with van der Waals surface area (Å²) in [6, 6.07) is 0. The van der Waals surface area contributed by atoms with E-state index in [0.717, 1.165) is 38.5 Å². The summed E-state index contributed by atoms with van der Waals surface area (Å²) in [4.78, 5) is 85.7. The van der Waals surface area contributed by atoms with Crippen LogP contribution in [0, 0.1) is 74.9 Å². The van der Waals surface area contributed by atoms with E-state index in [1.807, 2.05) is 13.8 Å². The molecule has 0 amide bonds. The van der Waals surface area contributed by atoms with Crippen LogP contribution in [0.3, 0.4) is 0 Å². The van der Waals surface area contributed by atoms with Crippen LogP contribution in [-0.2, 0) is 57.2 Å². The van der Waals surface area contributed by atoms with Crippen molar-refractivity contribution in [1.29, 1.82) is 0 Å². The van der Waals surface area contributed by atoms with Gasteiger partial charge in [-0.05, 0) is 173 Å². The molecule has 12 fully saturated rings. The second kappa shape index (κ2) is 15.4. The van der Waals surface area contributed by atoms with Crippen LogP contribution < -0.4 is 0 Å². The van der Waals surface area contributed by atoms with Gasteiger partial charge in [-0.2, -0.15) is 0 Å². The Morgan fingerprint density at radius 1 is 0.677 bits per heavy atom. The van der Waals surface area contributed by atoms with Gasteiger partial charge in [-0.3, -0.25) is 24.0 Å². The first-order chi connectivity index (χ1) is 30.5. The number of esters is 6. The van der Waals surface area contributed by atoms with E-state index in [0.29, 0.717) is 56.3 Å². The molecule has 2 heterocycles. The molecule has 14 atom stereocenters. The van der Waals surface area contributed by atoms with Crippen LogP contribution in [-0.4, -0.2) is 82.6 Å². The summed E-state index contributed by atoms with van der Waals surface area (Å²) in [7, 11) is 0. The predicted molar refractivity (Wildman–Crippen MR) is 232 cm³/mol. The zero-order valence-corrected chi connectivity index (χ0v) is 39.9. The number of fused-ring (bicyclic) bond motifs is 1. The van der Waals surface area contributed by atoms with Crippen LogP contribution in [0.2, 0.25) is 0 Å². The smallest absolute Gasteiger partial charge is 0.347 e. The van der Waals surface area contributed by atoms with Crippen molar-refractivity contribution >= 4 is 35.8 Å². The number of carbonyl (C=O) groups excluding carboxylic acids is 6. The number of aliphatic hydroxyl groups is 1. The van der Waals surface area contributed by atoms with Gasteiger partial charge < -0.3 is 33.5 Å². The van der Waals surface area contributed by atoms with E-state index in [9.17, 15) is 19.5 Å². The Morgan fingerprint density at radius 2 is 1.31 bits per heavy atom. The average molecular weight is 907 g/mol. The van der Waals surface area contributed by atoms with Crippen molar-refractivity contribution in [3.05, 3.63) is 0 Å². The Labute approximate surface area is 384 Å². The lowest BCUT2D eigenvalue weighted by molar-refractivity contribution is -0.226. The van der Waals surface area contributed by atoms with Gasteiger partial charge >= 0.3 is 35.8 Å². The van der Waals surface area contributed by atoms with Crippen molar-refractivity contribution in [3.8, 4) is 0 Å². The Kier molecular flexibility index (Phi) is 10.8. The molecule has 10 bridgehead atoms. The molecule has 0 aromatic heterocycles. The van der Waals surface area contributed by atoms with Gasteiger partial charge in [-0.25, -0.2) is 4.79 Å². The van der Waals surface area contributed by atoms with Crippen LogP contribution in [0.5, 0.6) is 0 Å². The number of cyclic esters (lactones) is 1. The van der Waals surface area contributed by atoms with Crippen molar-refractivity contribution < 1.29 is 62.3 Å². The molecule has 360 valence electrons. The van der Waals surface area contributed by atoms with Gasteiger partial charge in [0.05, 0.1) is 39.8 Å². The lowest BCUT2D eigenvalue weighted by Crippen LogP contribution is -2.61. The SMILES string of the molecule is CCC1C2CC3CC(C2)CC1(OC(=O)C(C)(CC)CC(C)(CC(C)(CC(C)(C)C(=O)OC12CC4CC(CC(O)(C4)C1)C2)C(=O)OC1C2CC4C(=O)OC1C4C2)C(=O)OC1CCOC1=O)C3. The predicted octanol–water partition coefficient (Wildman–Crippen LogP) is 7.74. The highest BCUT2D eigenvalue weighted by atomic mass is 16.6. The summed E-state index contributed by atoms with van der Waals surface area (Å²) in [5.41, 5.74) is -7.86. The van der Waals surface area contributed by atoms with Gasteiger partial charge in [0.2, 0.25) is 6.10 Å². The summed E-state index contributed by atoms with van der Waals surface area (Å²) >= 11 is 0. The fourth-order valence-electron chi connectivity index (χ4n) is 17.5. The van der Waals surface area contributed by atoms with E-state index in [-0.39, 0.29) is 79.7 Å². The van der Waals surface area contributed by atoms with Gasteiger partial charge in [0.15, 0.2) is 0 Å². The Morgan fingerprint density at radius 3 is 1.92 bits per heavy atom. The highest BCUT2D eigenvalue weighted by Crippen LogP contribution is 2.63. The van der Waals surface area contributed by atoms with Gasteiger partial charge in [0.25, 0.3) is 0 Å². The van der Waals surface area contributed by atoms with E-state index < -0.39 is 80.7 Å². The molecule has 13 nitrogen and oxygen atoms in total. The molecule has 0 radical (unpaired) electrons. The maximum atomic E-state index is 15.3. The molecule has 0 aromatic rings. The highest BCUT2D eigenvalue weighted by Gasteiger charge is 2.66. The van der Waals surface area contributed by atoms with E-state index in [1.165, 1.54) is 19.3 Å². The average Bonchev–Trinajstić information content (AvgIpc) is 3.95. The zero-order valence-electron chi connectivity index (χ0n) is 39.9. The molecular weight excluding hydrogens is 833 g/mol. The van der Waals surface area contributed by atoms with E-state index in [2.05, 4.69) is 6.92 Å².